The van der Waals surface area contributed by atoms with Crippen LogP contribution in [-0.2, 0) is 37.0 Å². The number of nitrogens with one attached hydrogen (secondary N) is 5. The molecule has 0 spiro atoms. The van der Waals surface area contributed by atoms with E-state index in [2.05, 4.69) is 38.3 Å². The van der Waals surface area contributed by atoms with E-state index in [1.165, 1.54) is 23.3 Å². The van der Waals surface area contributed by atoms with Gasteiger partial charge in [-0.25, -0.2) is 4.99 Å². The number of carbonyl (C=O) groups is 6. The first kappa shape index (κ1) is 50.3. The second-order valence-electron chi connectivity index (χ2n) is 16.3. The number of hydrogen-bond acceptors (Lipinski definition) is 12. The Labute approximate surface area is 399 Å². The van der Waals surface area contributed by atoms with Crippen molar-refractivity contribution in [1.29, 1.82) is 0 Å². The predicted octanol–water partition coefficient (Wildman–Crippen LogP) is 5.51. The molecule has 1 aromatic heterocycles. The second-order valence-corrected chi connectivity index (χ2v) is 18.1. The predicted molar refractivity (Wildman–Crippen MR) is 258 cm³/mol. The Balaban J connectivity index is 0.853. The third-order valence-corrected chi connectivity index (χ3v) is 13.0. The Hall–Kier alpha value is -6.15. The number of ether oxygens (including phenoxy) is 2. The van der Waals surface area contributed by atoms with E-state index in [9.17, 15) is 28.8 Å². The number of piperidine rings is 1. The van der Waals surface area contributed by atoms with Crippen LogP contribution >= 0.6 is 22.9 Å². The first-order valence-electron chi connectivity index (χ1n) is 22.5. The number of thiophene rings is 1. The lowest BCUT2D eigenvalue weighted by Crippen LogP contribution is -2.52. The summed E-state index contributed by atoms with van der Waals surface area (Å²) in [5.74, 6) is -0.405. The highest BCUT2D eigenvalue weighted by molar-refractivity contribution is 7.16. The van der Waals surface area contributed by atoms with Crippen molar-refractivity contribution in [1.82, 2.24) is 30.7 Å². The molecule has 3 aliphatic heterocycles. The van der Waals surface area contributed by atoms with Crippen molar-refractivity contribution in [2.24, 2.45) is 9.98 Å². The van der Waals surface area contributed by atoms with Gasteiger partial charge in [-0.1, -0.05) is 37.4 Å². The van der Waals surface area contributed by atoms with Crippen LogP contribution in [0.4, 0.5) is 11.4 Å². The fourth-order valence-corrected chi connectivity index (χ4v) is 9.22. The van der Waals surface area contributed by atoms with Gasteiger partial charge in [0.2, 0.25) is 29.6 Å². The highest BCUT2D eigenvalue weighted by atomic mass is 35.5. The molecule has 1 unspecified atom stereocenters. The molecule has 3 aliphatic rings. The number of fused-ring (bicyclic) bond motifs is 1. The van der Waals surface area contributed by atoms with Crippen molar-refractivity contribution in [3.05, 3.63) is 86.0 Å². The Bertz CT molecular complexity index is 2410. The minimum atomic E-state index is -0.714. The summed E-state index contributed by atoms with van der Waals surface area (Å²) in [6, 6.07) is 12.8. The molecule has 2 atom stereocenters. The second kappa shape index (κ2) is 24.0. The summed E-state index contributed by atoms with van der Waals surface area (Å²) in [5.41, 5.74) is 3.27. The van der Waals surface area contributed by atoms with Gasteiger partial charge in [-0.3, -0.25) is 34.1 Å². The van der Waals surface area contributed by atoms with Crippen LogP contribution in [0.1, 0.15) is 96.4 Å². The van der Waals surface area contributed by atoms with Gasteiger partial charge in [0, 0.05) is 66.8 Å². The van der Waals surface area contributed by atoms with Crippen LogP contribution in [0.15, 0.2) is 70.0 Å². The van der Waals surface area contributed by atoms with Crippen LogP contribution in [-0.4, -0.2) is 122 Å². The summed E-state index contributed by atoms with van der Waals surface area (Å²) in [6.07, 6.45) is 4.88. The molecule has 1 saturated heterocycles. The number of likely N-dealkylation sites (N-methyl/N-ethyl adjacent to an activating group) is 1. The van der Waals surface area contributed by atoms with Gasteiger partial charge in [0.25, 0.3) is 11.8 Å². The molecule has 0 bridgehead atoms. The molecular weight excluding hydrogens is 900 g/mol. The number of unbranched alkanes of at least 4 members (excludes halogenated alkanes) is 3. The SMILES string of the molecule is C=NC(=NC1=C(C)N(C)C(=O)[C@@H](CC)N1Cc1ccc(Cl)s1)Nc1ccc(C(=O)NCCOCCNCCCCCCC(=O)Nc2cccc3c2CN(C2CCC(=O)NC2=O)C3=O)cc1OC. The fraction of sp³-hybridized carbons (Fsp3) is 0.447. The van der Waals surface area contributed by atoms with Crippen LogP contribution in [0.2, 0.25) is 4.34 Å². The van der Waals surface area contributed by atoms with E-state index in [1.807, 2.05) is 30.9 Å². The van der Waals surface area contributed by atoms with Gasteiger partial charge in [-0.15, -0.1) is 11.3 Å². The lowest BCUT2D eigenvalue weighted by Gasteiger charge is -2.40. The lowest BCUT2D eigenvalue weighted by molar-refractivity contribution is -0.137. The lowest BCUT2D eigenvalue weighted by atomic mass is 10.0. The van der Waals surface area contributed by atoms with Gasteiger partial charge in [-0.05, 0) is 88.3 Å². The number of halogens is 1. The molecule has 2 aromatic carbocycles. The van der Waals surface area contributed by atoms with Crippen LogP contribution < -0.4 is 31.3 Å². The van der Waals surface area contributed by atoms with E-state index >= 15 is 0 Å². The first-order valence-corrected chi connectivity index (χ1v) is 23.7. The summed E-state index contributed by atoms with van der Waals surface area (Å²) < 4.78 is 12.0. The largest absolute Gasteiger partial charge is 0.495 e. The first-order chi connectivity index (χ1) is 32.3. The number of guanidine groups is 1. The number of carbonyl (C=O) groups excluding carboxylic acids is 6. The van der Waals surface area contributed by atoms with E-state index in [0.29, 0.717) is 95.4 Å². The van der Waals surface area contributed by atoms with Crippen molar-refractivity contribution < 1.29 is 38.2 Å². The van der Waals surface area contributed by atoms with Crippen molar-refractivity contribution in [2.75, 3.05) is 57.6 Å². The molecule has 20 heteroatoms. The molecule has 358 valence electrons. The van der Waals surface area contributed by atoms with Crippen molar-refractivity contribution >= 4 is 82.4 Å². The molecule has 18 nitrogen and oxygen atoms in total. The molecule has 5 N–H and O–H groups in total. The van der Waals surface area contributed by atoms with Crippen LogP contribution in [0, 0.1) is 0 Å². The molecular formula is C47H59ClN10O8S. The number of methoxy groups -OCH3 is 1. The molecule has 67 heavy (non-hydrogen) atoms. The molecule has 4 heterocycles. The highest BCUT2D eigenvalue weighted by Gasteiger charge is 2.40. The highest BCUT2D eigenvalue weighted by Crippen LogP contribution is 2.34. The maximum absolute atomic E-state index is 13.3. The number of benzene rings is 2. The Morgan fingerprint density at radius 1 is 0.985 bits per heavy atom. The van der Waals surface area contributed by atoms with Gasteiger partial charge in [-0.2, -0.15) is 4.99 Å². The van der Waals surface area contributed by atoms with E-state index in [4.69, 9.17) is 26.1 Å². The topological polar surface area (TPSA) is 215 Å². The standard InChI is InChI=1S/C47H59ClN10O8S/c1-6-36-46(64)56(4)29(2)42(57(36)27-31-16-19-39(48)67-31)55-47(49-3)53-35-17-15-30(26-38(35)65-5)43(61)51-23-25-66-24-22-50-21-10-8-7-9-14-40(59)52-34-13-11-12-32-33(34)28-58(45(32)63)37-18-20-41(60)54-44(37)62/h11-13,15-17,19,26,36-37,50H,3,6-10,14,18,20-25,27-28H2,1-2,4-5H3,(H,51,61)(H,52,59)(H,53,55)(H,54,60,62)/t36-,37?/m1/s1. The number of hydrogen-bond donors (Lipinski definition) is 5. The van der Waals surface area contributed by atoms with Crippen LogP contribution in [0.5, 0.6) is 5.75 Å². The van der Waals surface area contributed by atoms with E-state index in [0.717, 1.165) is 37.1 Å². The summed E-state index contributed by atoms with van der Waals surface area (Å²) >= 11 is 7.67. The molecule has 6 rings (SSSR count). The summed E-state index contributed by atoms with van der Waals surface area (Å²) in [4.78, 5) is 91.1. The van der Waals surface area contributed by atoms with Gasteiger partial charge < -0.3 is 45.4 Å². The summed E-state index contributed by atoms with van der Waals surface area (Å²) in [6.45, 7) is 10.7. The number of aliphatic imine (C=N–C) groups is 2. The Morgan fingerprint density at radius 3 is 2.51 bits per heavy atom. The van der Waals surface area contributed by atoms with Crippen LogP contribution in [0.3, 0.4) is 0 Å². The van der Waals surface area contributed by atoms with E-state index in [-0.39, 0.29) is 54.9 Å². The molecule has 3 aromatic rings. The summed E-state index contributed by atoms with van der Waals surface area (Å²) in [7, 11) is 3.23. The third-order valence-electron chi connectivity index (χ3n) is 11.8. The number of nitrogens with zero attached hydrogens (tertiary/aromatic N) is 5. The van der Waals surface area contributed by atoms with E-state index in [1.54, 1.807) is 48.3 Å². The molecule has 1 fully saturated rings. The number of amides is 6. The monoisotopic (exact) mass is 958 g/mol. The van der Waals surface area contributed by atoms with Crippen molar-refractivity contribution in [3.8, 4) is 5.75 Å². The third kappa shape index (κ3) is 12.8. The molecule has 0 aliphatic carbocycles. The molecule has 0 radical (unpaired) electrons. The summed E-state index contributed by atoms with van der Waals surface area (Å²) in [5, 5.41) is 14.7. The van der Waals surface area contributed by atoms with Gasteiger partial charge >= 0.3 is 0 Å². The average Bonchev–Trinajstić information content (AvgIpc) is 3.89. The normalized spacial score (nSPS) is 17.4. The van der Waals surface area contributed by atoms with Gasteiger partial charge in [0.05, 0.1) is 42.6 Å². The van der Waals surface area contributed by atoms with Gasteiger partial charge in [0.15, 0.2) is 5.82 Å². The maximum atomic E-state index is 13.3. The Morgan fingerprint density at radius 2 is 1.78 bits per heavy atom. The zero-order chi connectivity index (χ0) is 48.0. The van der Waals surface area contributed by atoms with Crippen molar-refractivity contribution in [2.45, 2.75) is 90.4 Å². The minimum Gasteiger partial charge on any atom is -0.495 e. The minimum absolute atomic E-state index is 0.0276. The number of anilines is 2. The maximum Gasteiger partial charge on any atom is 0.255 e. The fourth-order valence-electron chi connectivity index (χ4n) is 8.13. The smallest absolute Gasteiger partial charge is 0.255 e. The quantitative estimate of drug-likeness (QED) is 0.0367. The molecule has 6 amide bonds. The number of imide groups is 1. The average molecular weight is 960 g/mol. The van der Waals surface area contributed by atoms with E-state index < -0.39 is 18.0 Å². The Kier molecular flexibility index (Phi) is 18.0. The molecule has 0 saturated carbocycles. The zero-order valence-electron chi connectivity index (χ0n) is 38.4. The number of allylic oxidation sites excluding steroid dienone is 1. The zero-order valence-corrected chi connectivity index (χ0v) is 39.9. The van der Waals surface area contributed by atoms with Crippen molar-refractivity contribution in [3.63, 3.8) is 0 Å². The van der Waals surface area contributed by atoms with Crippen LogP contribution in [0.25, 0.3) is 0 Å². The number of rotatable bonds is 22. The van der Waals surface area contributed by atoms with Gasteiger partial charge in [0.1, 0.15) is 17.8 Å².